The predicted octanol–water partition coefficient (Wildman–Crippen LogP) is 1.66. The maximum atomic E-state index is 12.5. The minimum Gasteiger partial charge on any atom is -0.344 e. The van der Waals surface area contributed by atoms with Crippen molar-refractivity contribution in [1.82, 2.24) is 24.2 Å². The molecular weight excluding hydrogens is 266 g/mol. The molecule has 0 saturated heterocycles. The van der Waals surface area contributed by atoms with Crippen molar-refractivity contribution in [3.05, 3.63) is 36.7 Å². The molecule has 0 aliphatic carbocycles. The van der Waals surface area contributed by atoms with E-state index in [2.05, 4.69) is 10.1 Å². The monoisotopic (exact) mass is 289 g/mol. The molecule has 114 valence electrons. The first kappa shape index (κ1) is 15.3. The summed E-state index contributed by atoms with van der Waals surface area (Å²) >= 11 is 0. The number of imidazole rings is 1. The van der Waals surface area contributed by atoms with Crippen molar-refractivity contribution in [1.29, 1.82) is 0 Å². The van der Waals surface area contributed by atoms with E-state index in [1.165, 1.54) is 0 Å². The molecule has 0 spiro atoms. The lowest BCUT2D eigenvalue weighted by Crippen LogP contribution is -2.35. The summed E-state index contributed by atoms with van der Waals surface area (Å²) in [5.74, 6) is 1.16. The van der Waals surface area contributed by atoms with Crippen LogP contribution in [0.25, 0.3) is 0 Å². The standard InChI is InChI=1S/C15H23N5O/c1-4-13(20-11-6-8-17-20)15(21)19(3)10-5-7-14-16-9-12-18(14)2/h6,8-9,11-13H,4-5,7,10H2,1-3H3. The normalized spacial score (nSPS) is 12.3. The highest BCUT2D eigenvalue weighted by Gasteiger charge is 2.22. The van der Waals surface area contributed by atoms with Crippen molar-refractivity contribution in [3.8, 4) is 0 Å². The molecule has 1 unspecified atom stereocenters. The lowest BCUT2D eigenvalue weighted by Gasteiger charge is -2.23. The number of carbonyl (C=O) groups is 1. The van der Waals surface area contributed by atoms with Crippen molar-refractivity contribution in [2.75, 3.05) is 13.6 Å². The zero-order valence-corrected chi connectivity index (χ0v) is 12.9. The predicted molar refractivity (Wildman–Crippen MR) is 80.7 cm³/mol. The summed E-state index contributed by atoms with van der Waals surface area (Å²) in [5, 5.41) is 4.18. The second-order valence-electron chi connectivity index (χ2n) is 5.23. The van der Waals surface area contributed by atoms with Crippen LogP contribution in [-0.2, 0) is 18.3 Å². The van der Waals surface area contributed by atoms with Gasteiger partial charge in [-0.3, -0.25) is 9.48 Å². The largest absolute Gasteiger partial charge is 0.344 e. The lowest BCUT2D eigenvalue weighted by molar-refractivity contribution is -0.133. The summed E-state index contributed by atoms with van der Waals surface area (Å²) in [4.78, 5) is 18.6. The maximum Gasteiger partial charge on any atom is 0.247 e. The van der Waals surface area contributed by atoms with Gasteiger partial charge >= 0.3 is 0 Å². The third-order valence-electron chi connectivity index (χ3n) is 3.71. The van der Waals surface area contributed by atoms with E-state index in [0.29, 0.717) is 0 Å². The van der Waals surface area contributed by atoms with E-state index in [4.69, 9.17) is 0 Å². The van der Waals surface area contributed by atoms with Gasteiger partial charge in [-0.15, -0.1) is 0 Å². The van der Waals surface area contributed by atoms with E-state index >= 15 is 0 Å². The van der Waals surface area contributed by atoms with Gasteiger partial charge < -0.3 is 9.47 Å². The Morgan fingerprint density at radius 1 is 1.38 bits per heavy atom. The lowest BCUT2D eigenvalue weighted by atomic mass is 10.2. The van der Waals surface area contributed by atoms with Gasteiger partial charge in [0.15, 0.2) is 0 Å². The third-order valence-corrected chi connectivity index (χ3v) is 3.71. The molecule has 6 heteroatoms. The topological polar surface area (TPSA) is 56.0 Å². The average Bonchev–Trinajstić information content (AvgIpc) is 3.12. The highest BCUT2D eigenvalue weighted by molar-refractivity contribution is 5.80. The molecule has 0 fully saturated rings. The Hall–Kier alpha value is -2.11. The molecule has 0 bridgehead atoms. The van der Waals surface area contributed by atoms with Crippen LogP contribution in [0, 0.1) is 0 Å². The van der Waals surface area contributed by atoms with Crippen LogP contribution in [0.4, 0.5) is 0 Å². The van der Waals surface area contributed by atoms with Crippen LogP contribution in [0.5, 0.6) is 0 Å². The first-order valence-corrected chi connectivity index (χ1v) is 7.33. The van der Waals surface area contributed by atoms with Gasteiger partial charge in [-0.2, -0.15) is 5.10 Å². The molecule has 2 heterocycles. The number of hydrogen-bond acceptors (Lipinski definition) is 3. The van der Waals surface area contributed by atoms with Gasteiger partial charge in [0.05, 0.1) is 0 Å². The fourth-order valence-electron chi connectivity index (χ4n) is 2.42. The summed E-state index contributed by atoms with van der Waals surface area (Å²) in [7, 11) is 3.84. The van der Waals surface area contributed by atoms with E-state index < -0.39 is 0 Å². The van der Waals surface area contributed by atoms with Gasteiger partial charge in [-0.25, -0.2) is 4.98 Å². The molecule has 1 atom stereocenters. The molecule has 0 saturated carbocycles. The van der Waals surface area contributed by atoms with Crippen LogP contribution in [0.2, 0.25) is 0 Å². The van der Waals surface area contributed by atoms with Crippen LogP contribution in [-0.4, -0.2) is 43.7 Å². The molecule has 2 aromatic rings. The van der Waals surface area contributed by atoms with Gasteiger partial charge in [0.1, 0.15) is 11.9 Å². The Morgan fingerprint density at radius 2 is 2.19 bits per heavy atom. The summed E-state index contributed by atoms with van der Waals surface area (Å²) in [6, 6.07) is 1.63. The zero-order chi connectivity index (χ0) is 15.2. The van der Waals surface area contributed by atoms with Crippen LogP contribution in [0.3, 0.4) is 0 Å². The number of hydrogen-bond donors (Lipinski definition) is 0. The molecule has 21 heavy (non-hydrogen) atoms. The van der Waals surface area contributed by atoms with Gasteiger partial charge in [-0.05, 0) is 18.9 Å². The van der Waals surface area contributed by atoms with Crippen molar-refractivity contribution in [3.63, 3.8) is 0 Å². The maximum absolute atomic E-state index is 12.5. The Kier molecular flexibility index (Phi) is 5.14. The molecule has 2 rings (SSSR count). The average molecular weight is 289 g/mol. The fourth-order valence-corrected chi connectivity index (χ4v) is 2.42. The Labute approximate surface area is 125 Å². The molecule has 0 aliphatic rings. The van der Waals surface area contributed by atoms with Crippen molar-refractivity contribution < 1.29 is 4.79 Å². The molecule has 0 aromatic carbocycles. The van der Waals surface area contributed by atoms with Crippen molar-refractivity contribution in [2.24, 2.45) is 7.05 Å². The second kappa shape index (κ2) is 7.06. The number of rotatable bonds is 7. The molecular formula is C15H23N5O. The van der Waals surface area contributed by atoms with Gasteiger partial charge in [-0.1, -0.05) is 6.92 Å². The third kappa shape index (κ3) is 3.71. The van der Waals surface area contributed by atoms with Crippen LogP contribution in [0.1, 0.15) is 31.6 Å². The summed E-state index contributed by atoms with van der Waals surface area (Å²) in [6.45, 7) is 2.73. The van der Waals surface area contributed by atoms with E-state index in [1.54, 1.807) is 22.0 Å². The first-order valence-electron chi connectivity index (χ1n) is 7.33. The Bertz CT molecular complexity index is 560. The molecule has 0 radical (unpaired) electrons. The van der Waals surface area contributed by atoms with Gasteiger partial charge in [0.2, 0.25) is 5.91 Å². The van der Waals surface area contributed by atoms with Crippen molar-refractivity contribution >= 4 is 5.91 Å². The SMILES string of the molecule is CCC(C(=O)N(C)CCCc1nccn1C)n1cccn1. The number of aryl methyl sites for hydroxylation is 2. The highest BCUT2D eigenvalue weighted by Crippen LogP contribution is 2.13. The minimum absolute atomic E-state index is 0.112. The second-order valence-corrected chi connectivity index (χ2v) is 5.23. The van der Waals surface area contributed by atoms with E-state index in [-0.39, 0.29) is 11.9 Å². The molecule has 2 aromatic heterocycles. The summed E-state index contributed by atoms with van der Waals surface area (Å²) in [5.41, 5.74) is 0. The fraction of sp³-hybridized carbons (Fsp3) is 0.533. The van der Waals surface area contributed by atoms with E-state index in [1.807, 2.05) is 44.0 Å². The first-order chi connectivity index (χ1) is 10.1. The number of amides is 1. The van der Waals surface area contributed by atoms with Crippen LogP contribution in [0.15, 0.2) is 30.9 Å². The quantitative estimate of drug-likeness (QED) is 0.779. The smallest absolute Gasteiger partial charge is 0.247 e. The van der Waals surface area contributed by atoms with Crippen LogP contribution < -0.4 is 0 Å². The molecule has 0 aliphatic heterocycles. The number of likely N-dealkylation sites (N-methyl/N-ethyl adjacent to an activating group) is 1. The molecule has 6 nitrogen and oxygen atoms in total. The number of carbonyl (C=O) groups excluding carboxylic acids is 1. The molecule has 0 N–H and O–H groups in total. The van der Waals surface area contributed by atoms with E-state index in [9.17, 15) is 4.79 Å². The number of aromatic nitrogens is 4. The van der Waals surface area contributed by atoms with Gasteiger partial charge in [0, 0.05) is 51.8 Å². The summed E-state index contributed by atoms with van der Waals surface area (Å²) < 4.78 is 3.75. The van der Waals surface area contributed by atoms with Crippen LogP contribution >= 0.6 is 0 Å². The summed E-state index contributed by atoms with van der Waals surface area (Å²) in [6.07, 6.45) is 9.81. The number of nitrogens with zero attached hydrogens (tertiary/aromatic N) is 5. The zero-order valence-electron chi connectivity index (χ0n) is 12.9. The minimum atomic E-state index is -0.210. The van der Waals surface area contributed by atoms with E-state index in [0.717, 1.165) is 31.6 Å². The Balaban J connectivity index is 1.86. The Morgan fingerprint density at radius 3 is 2.76 bits per heavy atom. The molecule has 1 amide bonds. The van der Waals surface area contributed by atoms with Crippen molar-refractivity contribution in [2.45, 2.75) is 32.2 Å². The van der Waals surface area contributed by atoms with Gasteiger partial charge in [0.25, 0.3) is 0 Å². The highest BCUT2D eigenvalue weighted by atomic mass is 16.2.